The van der Waals surface area contributed by atoms with Gasteiger partial charge in [-0.2, -0.15) is 0 Å². The first-order valence-electron chi connectivity index (χ1n) is 5.08. The van der Waals surface area contributed by atoms with Crippen molar-refractivity contribution < 1.29 is 0 Å². The number of anilines is 2. The number of rotatable bonds is 3. The normalized spacial score (nSPS) is 16.7. The smallest absolute Gasteiger partial charge is 0.128 e. The monoisotopic (exact) mass is 191 g/mol. The van der Waals surface area contributed by atoms with E-state index in [0.29, 0.717) is 0 Å². The maximum Gasteiger partial charge on any atom is 0.128 e. The van der Waals surface area contributed by atoms with Crippen LogP contribution in [0.2, 0.25) is 0 Å². The Kier molecular flexibility index (Phi) is 2.10. The molecule has 1 saturated carbocycles. The van der Waals surface area contributed by atoms with Crippen LogP contribution < -0.4 is 11.1 Å². The predicted molar refractivity (Wildman–Crippen MR) is 59.1 cm³/mol. The maximum absolute atomic E-state index is 5.69. The van der Waals surface area contributed by atoms with Crippen molar-refractivity contribution in [1.82, 2.24) is 4.98 Å². The Morgan fingerprint density at radius 2 is 2.21 bits per heavy atom. The van der Waals surface area contributed by atoms with Gasteiger partial charge >= 0.3 is 0 Å². The number of nitrogens with two attached hydrogens (primary N) is 1. The summed E-state index contributed by atoms with van der Waals surface area (Å²) in [6.07, 6.45) is 4.38. The fourth-order valence-electron chi connectivity index (χ4n) is 1.75. The molecule has 0 radical (unpaired) electrons. The highest BCUT2D eigenvalue weighted by Gasteiger charge is 2.37. The van der Waals surface area contributed by atoms with E-state index in [1.165, 1.54) is 12.8 Å². The molecule has 1 aliphatic carbocycles. The van der Waals surface area contributed by atoms with Crippen LogP contribution in [0, 0.1) is 5.92 Å². The topological polar surface area (TPSA) is 50.9 Å². The predicted octanol–water partition coefficient (Wildman–Crippen LogP) is 2.26. The van der Waals surface area contributed by atoms with Gasteiger partial charge < -0.3 is 11.1 Å². The van der Waals surface area contributed by atoms with Gasteiger partial charge in [0.15, 0.2) is 0 Å². The van der Waals surface area contributed by atoms with Crippen LogP contribution in [0.3, 0.4) is 0 Å². The lowest BCUT2D eigenvalue weighted by Crippen LogP contribution is -2.33. The Bertz CT molecular complexity index is 329. The molecule has 0 unspecified atom stereocenters. The molecule has 1 aromatic heterocycles. The SMILES string of the molecule is CC(C)(Nc1cc(N)ccn1)C1CC1. The first kappa shape index (κ1) is 9.31. The third-order valence-electron chi connectivity index (χ3n) is 2.83. The van der Waals surface area contributed by atoms with Gasteiger partial charge in [-0.25, -0.2) is 4.98 Å². The molecule has 1 heterocycles. The second kappa shape index (κ2) is 3.15. The molecule has 0 bridgehead atoms. The molecule has 3 N–H and O–H groups in total. The molecule has 0 aliphatic heterocycles. The molecule has 76 valence electrons. The van der Waals surface area contributed by atoms with Gasteiger partial charge in [0.05, 0.1) is 0 Å². The highest BCUT2D eigenvalue weighted by atomic mass is 15.1. The summed E-state index contributed by atoms with van der Waals surface area (Å²) in [5.74, 6) is 1.66. The quantitative estimate of drug-likeness (QED) is 0.770. The van der Waals surface area contributed by atoms with E-state index in [9.17, 15) is 0 Å². The number of pyridine rings is 1. The van der Waals surface area contributed by atoms with E-state index in [2.05, 4.69) is 24.1 Å². The molecule has 1 aromatic rings. The van der Waals surface area contributed by atoms with Crippen LogP contribution >= 0.6 is 0 Å². The van der Waals surface area contributed by atoms with Crippen molar-refractivity contribution in [3.63, 3.8) is 0 Å². The van der Waals surface area contributed by atoms with Crippen molar-refractivity contribution >= 4 is 11.5 Å². The van der Waals surface area contributed by atoms with Crippen molar-refractivity contribution in [2.45, 2.75) is 32.2 Å². The van der Waals surface area contributed by atoms with Crippen LogP contribution in [-0.2, 0) is 0 Å². The van der Waals surface area contributed by atoms with Gasteiger partial charge in [-0.05, 0) is 38.7 Å². The zero-order chi connectivity index (χ0) is 10.2. The minimum absolute atomic E-state index is 0.140. The largest absolute Gasteiger partial charge is 0.399 e. The summed E-state index contributed by atoms with van der Waals surface area (Å²) in [5, 5.41) is 3.43. The van der Waals surface area contributed by atoms with Gasteiger partial charge in [-0.1, -0.05) is 0 Å². The Hall–Kier alpha value is -1.25. The fourth-order valence-corrected chi connectivity index (χ4v) is 1.75. The summed E-state index contributed by atoms with van der Waals surface area (Å²) in [6.45, 7) is 4.44. The molecule has 3 heteroatoms. The molecule has 0 amide bonds. The Morgan fingerprint density at radius 1 is 1.50 bits per heavy atom. The van der Waals surface area contributed by atoms with Gasteiger partial charge in [-0.15, -0.1) is 0 Å². The summed E-state index contributed by atoms with van der Waals surface area (Å²) in [5.41, 5.74) is 6.59. The van der Waals surface area contributed by atoms with Gasteiger partial charge in [0, 0.05) is 23.5 Å². The van der Waals surface area contributed by atoms with E-state index in [4.69, 9.17) is 5.73 Å². The lowest BCUT2D eigenvalue weighted by Gasteiger charge is -2.26. The minimum atomic E-state index is 0.140. The van der Waals surface area contributed by atoms with Crippen LogP contribution in [0.15, 0.2) is 18.3 Å². The van der Waals surface area contributed by atoms with E-state index < -0.39 is 0 Å². The summed E-state index contributed by atoms with van der Waals surface area (Å²) in [6, 6.07) is 3.68. The molecule has 1 aliphatic rings. The number of nitrogens with one attached hydrogen (secondary N) is 1. The van der Waals surface area contributed by atoms with E-state index in [1.54, 1.807) is 12.3 Å². The molecule has 0 spiro atoms. The van der Waals surface area contributed by atoms with E-state index in [-0.39, 0.29) is 5.54 Å². The maximum atomic E-state index is 5.69. The molecular formula is C11H17N3. The fraction of sp³-hybridized carbons (Fsp3) is 0.545. The van der Waals surface area contributed by atoms with Gasteiger partial charge in [-0.3, -0.25) is 0 Å². The second-order valence-corrected chi connectivity index (χ2v) is 4.60. The van der Waals surface area contributed by atoms with Gasteiger partial charge in [0.1, 0.15) is 5.82 Å². The van der Waals surface area contributed by atoms with Crippen LogP contribution in [0.1, 0.15) is 26.7 Å². The minimum Gasteiger partial charge on any atom is -0.399 e. The second-order valence-electron chi connectivity index (χ2n) is 4.60. The molecule has 1 fully saturated rings. The van der Waals surface area contributed by atoms with Crippen LogP contribution in [0.25, 0.3) is 0 Å². The lowest BCUT2D eigenvalue weighted by molar-refractivity contribution is 0.492. The van der Waals surface area contributed by atoms with Crippen LogP contribution in [0.5, 0.6) is 0 Å². The zero-order valence-electron chi connectivity index (χ0n) is 8.75. The number of hydrogen-bond donors (Lipinski definition) is 2. The Morgan fingerprint density at radius 3 is 2.79 bits per heavy atom. The number of nitrogen functional groups attached to an aromatic ring is 1. The van der Waals surface area contributed by atoms with Crippen molar-refractivity contribution in [3.8, 4) is 0 Å². The highest BCUT2D eigenvalue weighted by molar-refractivity contribution is 5.49. The van der Waals surface area contributed by atoms with Crippen LogP contribution in [-0.4, -0.2) is 10.5 Å². The number of hydrogen-bond acceptors (Lipinski definition) is 3. The lowest BCUT2D eigenvalue weighted by atomic mass is 9.99. The van der Waals surface area contributed by atoms with Gasteiger partial charge in [0.2, 0.25) is 0 Å². The highest BCUT2D eigenvalue weighted by Crippen LogP contribution is 2.40. The Balaban J connectivity index is 2.09. The number of aromatic nitrogens is 1. The standard InChI is InChI=1S/C11H17N3/c1-11(2,8-3-4-8)14-10-7-9(12)5-6-13-10/h5-8H,3-4H2,1-2H3,(H3,12,13,14). The summed E-state index contributed by atoms with van der Waals surface area (Å²) >= 11 is 0. The average molecular weight is 191 g/mol. The van der Waals surface area contributed by atoms with E-state index >= 15 is 0 Å². The molecule has 2 rings (SSSR count). The summed E-state index contributed by atoms with van der Waals surface area (Å²) < 4.78 is 0. The van der Waals surface area contributed by atoms with Crippen molar-refractivity contribution in [1.29, 1.82) is 0 Å². The molecule has 0 atom stereocenters. The summed E-state index contributed by atoms with van der Waals surface area (Å²) in [7, 11) is 0. The van der Waals surface area contributed by atoms with Gasteiger partial charge in [0.25, 0.3) is 0 Å². The van der Waals surface area contributed by atoms with E-state index in [1.807, 2.05) is 6.07 Å². The summed E-state index contributed by atoms with van der Waals surface area (Å²) in [4.78, 5) is 4.24. The average Bonchev–Trinajstić information content (AvgIpc) is 2.84. The molecule has 0 saturated heterocycles. The van der Waals surface area contributed by atoms with E-state index in [0.717, 1.165) is 17.4 Å². The Labute approximate surface area is 84.7 Å². The third kappa shape index (κ3) is 1.97. The van der Waals surface area contributed by atoms with Crippen molar-refractivity contribution in [2.75, 3.05) is 11.1 Å². The zero-order valence-corrected chi connectivity index (χ0v) is 8.75. The number of nitrogens with zero attached hydrogens (tertiary/aromatic N) is 1. The molecule has 14 heavy (non-hydrogen) atoms. The molecular weight excluding hydrogens is 174 g/mol. The third-order valence-corrected chi connectivity index (χ3v) is 2.83. The van der Waals surface area contributed by atoms with Crippen molar-refractivity contribution in [3.05, 3.63) is 18.3 Å². The van der Waals surface area contributed by atoms with Crippen LogP contribution in [0.4, 0.5) is 11.5 Å². The first-order valence-corrected chi connectivity index (χ1v) is 5.08. The first-order chi connectivity index (χ1) is 6.58. The van der Waals surface area contributed by atoms with Crippen molar-refractivity contribution in [2.24, 2.45) is 5.92 Å². The molecule has 3 nitrogen and oxygen atoms in total. The molecule has 0 aromatic carbocycles.